The van der Waals surface area contributed by atoms with Gasteiger partial charge in [0.15, 0.2) is 0 Å². The second-order valence-corrected chi connectivity index (χ2v) is 9.50. The van der Waals surface area contributed by atoms with Crippen LogP contribution in [-0.4, -0.2) is 18.9 Å². The van der Waals surface area contributed by atoms with E-state index in [2.05, 4.69) is 5.32 Å². The van der Waals surface area contributed by atoms with E-state index in [0.29, 0.717) is 5.69 Å². The number of amides is 1. The third-order valence-corrected chi connectivity index (χ3v) is 6.92. The van der Waals surface area contributed by atoms with Crippen molar-refractivity contribution in [1.82, 2.24) is 4.57 Å². The van der Waals surface area contributed by atoms with Crippen LogP contribution in [0.15, 0.2) is 63.1 Å². The summed E-state index contributed by atoms with van der Waals surface area (Å²) in [5.74, 6) is -1.41. The van der Waals surface area contributed by atoms with E-state index in [9.17, 15) is 22.4 Å². The predicted octanol–water partition coefficient (Wildman–Crippen LogP) is 4.04. The van der Waals surface area contributed by atoms with Crippen LogP contribution in [0.1, 0.15) is 16.8 Å². The predicted molar refractivity (Wildman–Crippen MR) is 117 cm³/mol. The van der Waals surface area contributed by atoms with Gasteiger partial charge in [-0.3, -0.25) is 9.59 Å². The SMILES string of the molecule is Cc1ccc(S(=O)(=O)c2c(C)cc(C)n(CC(=O)Nc3ccc(Cl)cc3F)c2=O)cc1. The lowest BCUT2D eigenvalue weighted by Crippen LogP contribution is -2.33. The number of nitrogens with one attached hydrogen (secondary N) is 1. The number of hydrogen-bond donors (Lipinski definition) is 1. The molecule has 3 aromatic rings. The average Bonchev–Trinajstić information content (AvgIpc) is 2.67. The molecule has 9 heteroatoms. The first-order valence-electron chi connectivity index (χ1n) is 9.28. The van der Waals surface area contributed by atoms with E-state index in [1.807, 2.05) is 6.92 Å². The molecule has 0 saturated carbocycles. The van der Waals surface area contributed by atoms with Gasteiger partial charge in [-0.2, -0.15) is 0 Å². The molecule has 0 aliphatic carbocycles. The van der Waals surface area contributed by atoms with E-state index < -0.39 is 38.6 Å². The lowest BCUT2D eigenvalue weighted by molar-refractivity contribution is -0.116. The molecule has 0 bridgehead atoms. The van der Waals surface area contributed by atoms with Gasteiger partial charge < -0.3 is 9.88 Å². The minimum Gasteiger partial charge on any atom is -0.322 e. The molecule has 162 valence electrons. The Morgan fingerprint density at radius 1 is 1.06 bits per heavy atom. The minimum atomic E-state index is -4.10. The van der Waals surface area contributed by atoms with Crippen LogP contribution < -0.4 is 10.9 Å². The Bertz CT molecular complexity index is 1330. The van der Waals surface area contributed by atoms with Crippen molar-refractivity contribution in [3.63, 3.8) is 0 Å². The van der Waals surface area contributed by atoms with Crippen molar-refractivity contribution in [2.45, 2.75) is 37.1 Å². The van der Waals surface area contributed by atoms with Crippen LogP contribution in [0, 0.1) is 26.6 Å². The summed E-state index contributed by atoms with van der Waals surface area (Å²) in [6.45, 7) is 4.46. The van der Waals surface area contributed by atoms with Crippen LogP contribution in [0.3, 0.4) is 0 Å². The maximum absolute atomic E-state index is 14.0. The Morgan fingerprint density at radius 3 is 2.32 bits per heavy atom. The van der Waals surface area contributed by atoms with Gasteiger partial charge in [0.05, 0.1) is 10.6 Å². The third kappa shape index (κ3) is 4.70. The largest absolute Gasteiger partial charge is 0.322 e. The average molecular weight is 463 g/mol. The van der Waals surface area contributed by atoms with Crippen LogP contribution in [0.5, 0.6) is 0 Å². The Hall–Kier alpha value is -2.97. The molecule has 1 amide bonds. The molecule has 31 heavy (non-hydrogen) atoms. The van der Waals surface area contributed by atoms with Crippen molar-refractivity contribution in [3.05, 3.63) is 86.5 Å². The summed E-state index contributed by atoms with van der Waals surface area (Å²) >= 11 is 5.70. The fourth-order valence-electron chi connectivity index (χ4n) is 3.19. The van der Waals surface area contributed by atoms with E-state index in [1.54, 1.807) is 19.1 Å². The normalized spacial score (nSPS) is 11.4. The first-order valence-corrected chi connectivity index (χ1v) is 11.1. The Labute approximate surface area is 184 Å². The minimum absolute atomic E-state index is 0.0126. The molecule has 0 saturated heterocycles. The zero-order chi connectivity index (χ0) is 22.9. The molecule has 0 atom stereocenters. The van der Waals surface area contributed by atoms with Gasteiger partial charge in [0, 0.05) is 10.7 Å². The van der Waals surface area contributed by atoms with Crippen molar-refractivity contribution < 1.29 is 17.6 Å². The fraction of sp³-hybridized carbons (Fsp3) is 0.182. The summed E-state index contributed by atoms with van der Waals surface area (Å²) in [6, 6.07) is 11.4. The molecule has 1 aromatic heterocycles. The molecular weight excluding hydrogens is 443 g/mol. The third-order valence-electron chi connectivity index (χ3n) is 4.76. The van der Waals surface area contributed by atoms with Crippen LogP contribution in [0.25, 0.3) is 0 Å². The van der Waals surface area contributed by atoms with Crippen molar-refractivity contribution in [1.29, 1.82) is 0 Å². The van der Waals surface area contributed by atoms with Crippen LogP contribution in [-0.2, 0) is 21.2 Å². The maximum Gasteiger partial charge on any atom is 0.270 e. The molecular formula is C22H20ClFN2O4S. The van der Waals surface area contributed by atoms with Gasteiger partial charge in [-0.25, -0.2) is 12.8 Å². The molecule has 1 N–H and O–H groups in total. The van der Waals surface area contributed by atoms with Crippen molar-refractivity contribution in [2.24, 2.45) is 0 Å². The first-order chi connectivity index (χ1) is 14.5. The standard InChI is InChI=1S/C22H20ClFN2O4S/c1-13-4-7-17(8-5-13)31(29,30)21-14(2)10-15(3)26(22(21)28)12-20(27)25-19-9-6-16(23)11-18(19)24/h4-11H,12H2,1-3H3,(H,25,27). The molecule has 1 heterocycles. The van der Waals surface area contributed by atoms with Crippen molar-refractivity contribution in [3.8, 4) is 0 Å². The number of hydrogen-bond acceptors (Lipinski definition) is 4. The van der Waals surface area contributed by atoms with E-state index in [0.717, 1.165) is 16.2 Å². The summed E-state index contributed by atoms with van der Waals surface area (Å²) in [7, 11) is -4.10. The highest BCUT2D eigenvalue weighted by atomic mass is 35.5. The van der Waals surface area contributed by atoms with Gasteiger partial charge in [-0.05, 0) is 62.7 Å². The van der Waals surface area contributed by atoms with Gasteiger partial charge in [0.2, 0.25) is 15.7 Å². The monoisotopic (exact) mass is 462 g/mol. The zero-order valence-electron chi connectivity index (χ0n) is 17.1. The number of halogens is 2. The van der Waals surface area contributed by atoms with Gasteiger partial charge in [0.25, 0.3) is 5.56 Å². The number of rotatable bonds is 5. The highest BCUT2D eigenvalue weighted by molar-refractivity contribution is 7.91. The van der Waals surface area contributed by atoms with Gasteiger partial charge >= 0.3 is 0 Å². The van der Waals surface area contributed by atoms with Crippen LogP contribution in [0.2, 0.25) is 5.02 Å². The lowest BCUT2D eigenvalue weighted by atomic mass is 10.2. The van der Waals surface area contributed by atoms with E-state index in [-0.39, 0.29) is 21.2 Å². The summed E-state index contributed by atoms with van der Waals surface area (Å²) in [5, 5.41) is 2.54. The summed E-state index contributed by atoms with van der Waals surface area (Å²) in [6.07, 6.45) is 0. The summed E-state index contributed by atoms with van der Waals surface area (Å²) < 4.78 is 41.3. The summed E-state index contributed by atoms with van der Waals surface area (Å²) in [5.41, 5.74) is 0.646. The molecule has 0 fully saturated rings. The fourth-order valence-corrected chi connectivity index (χ4v) is 4.90. The second kappa shape index (κ2) is 8.64. The Kier molecular flexibility index (Phi) is 6.33. The van der Waals surface area contributed by atoms with Crippen LogP contribution >= 0.6 is 11.6 Å². The van der Waals surface area contributed by atoms with E-state index in [4.69, 9.17) is 11.6 Å². The van der Waals surface area contributed by atoms with Gasteiger partial charge in [0.1, 0.15) is 17.3 Å². The molecule has 0 spiro atoms. The van der Waals surface area contributed by atoms with Crippen LogP contribution in [0.4, 0.5) is 10.1 Å². The Morgan fingerprint density at radius 2 is 1.71 bits per heavy atom. The number of carbonyl (C=O) groups is 1. The highest BCUT2D eigenvalue weighted by Gasteiger charge is 2.26. The molecule has 6 nitrogen and oxygen atoms in total. The number of sulfone groups is 1. The molecule has 2 aromatic carbocycles. The number of anilines is 1. The molecule has 0 aliphatic heterocycles. The van der Waals surface area contributed by atoms with E-state index in [1.165, 1.54) is 37.3 Å². The highest BCUT2D eigenvalue weighted by Crippen LogP contribution is 2.22. The number of carbonyl (C=O) groups excluding carboxylic acids is 1. The number of aryl methyl sites for hydroxylation is 3. The number of pyridine rings is 1. The maximum atomic E-state index is 14.0. The first kappa shape index (κ1) is 22.7. The molecule has 0 unspecified atom stereocenters. The quantitative estimate of drug-likeness (QED) is 0.620. The van der Waals surface area contributed by atoms with Crippen molar-refractivity contribution >= 4 is 33.0 Å². The Balaban J connectivity index is 2.00. The molecule has 0 radical (unpaired) electrons. The second-order valence-electron chi connectivity index (χ2n) is 7.18. The topological polar surface area (TPSA) is 85.2 Å². The number of benzene rings is 2. The number of aromatic nitrogens is 1. The van der Waals surface area contributed by atoms with Gasteiger partial charge in [-0.15, -0.1) is 0 Å². The zero-order valence-corrected chi connectivity index (χ0v) is 18.6. The number of nitrogens with zero attached hydrogens (tertiary/aromatic N) is 1. The summed E-state index contributed by atoms with van der Waals surface area (Å²) in [4.78, 5) is 25.2. The van der Waals surface area contributed by atoms with Crippen molar-refractivity contribution in [2.75, 3.05) is 5.32 Å². The van der Waals surface area contributed by atoms with Gasteiger partial charge in [-0.1, -0.05) is 29.3 Å². The smallest absolute Gasteiger partial charge is 0.270 e. The van der Waals surface area contributed by atoms with E-state index >= 15 is 0 Å². The molecule has 3 rings (SSSR count). The molecule has 0 aliphatic rings. The lowest BCUT2D eigenvalue weighted by Gasteiger charge is -2.15.